The van der Waals surface area contributed by atoms with E-state index >= 15 is 0 Å². The molecule has 0 aromatic heterocycles. The van der Waals surface area contributed by atoms with Gasteiger partial charge in [0.25, 0.3) is 5.91 Å². The Morgan fingerprint density at radius 1 is 0.833 bits per heavy atom. The number of nitrogens with zero attached hydrogens (tertiary/aromatic N) is 2. The van der Waals surface area contributed by atoms with Crippen LogP contribution in [0.4, 0.5) is 11.4 Å². The first-order chi connectivity index (χ1) is 11.7. The fourth-order valence-electron chi connectivity index (χ4n) is 2.38. The maximum atomic E-state index is 13.0. The van der Waals surface area contributed by atoms with Crippen LogP contribution in [0.2, 0.25) is 0 Å². The van der Waals surface area contributed by atoms with Gasteiger partial charge in [-0.15, -0.1) is 0 Å². The summed E-state index contributed by atoms with van der Waals surface area (Å²) in [5, 5.41) is 18.4. The lowest BCUT2D eigenvalue weighted by atomic mass is 10.1. The molecule has 0 radical (unpaired) electrons. The molecule has 3 aromatic carbocycles. The van der Waals surface area contributed by atoms with E-state index in [0.717, 1.165) is 5.69 Å². The molecule has 0 saturated heterocycles. The molecule has 0 aliphatic rings. The second kappa shape index (κ2) is 6.67. The van der Waals surface area contributed by atoms with Gasteiger partial charge in [0, 0.05) is 16.9 Å². The van der Waals surface area contributed by atoms with Crippen LogP contribution in [0.3, 0.4) is 0 Å². The van der Waals surface area contributed by atoms with E-state index in [1.807, 2.05) is 36.4 Å². The first-order valence-electron chi connectivity index (χ1n) is 7.38. The van der Waals surface area contributed by atoms with Gasteiger partial charge < -0.3 is 5.11 Å². The quantitative estimate of drug-likeness (QED) is 0.786. The molecule has 0 aliphatic heterocycles. The van der Waals surface area contributed by atoms with Crippen molar-refractivity contribution in [1.29, 1.82) is 5.26 Å². The molecular formula is C20H14N2O2. The van der Waals surface area contributed by atoms with Crippen molar-refractivity contribution >= 4 is 17.3 Å². The lowest BCUT2D eigenvalue weighted by Crippen LogP contribution is -2.25. The molecule has 1 amide bonds. The molecule has 3 rings (SSSR count). The SMILES string of the molecule is N#Cc1ccc(C(=O)N(c2ccccc2)c2ccc(O)cc2)cc1. The third-order valence-electron chi connectivity index (χ3n) is 3.59. The molecule has 3 aromatic rings. The van der Waals surface area contributed by atoms with Gasteiger partial charge in [-0.1, -0.05) is 18.2 Å². The van der Waals surface area contributed by atoms with E-state index in [4.69, 9.17) is 5.26 Å². The van der Waals surface area contributed by atoms with Crippen LogP contribution < -0.4 is 4.90 Å². The largest absolute Gasteiger partial charge is 0.508 e. The molecule has 1 N–H and O–H groups in total. The van der Waals surface area contributed by atoms with Crippen LogP contribution in [-0.4, -0.2) is 11.0 Å². The summed E-state index contributed by atoms with van der Waals surface area (Å²) in [5.41, 5.74) is 2.35. The van der Waals surface area contributed by atoms with Crippen LogP contribution in [0.5, 0.6) is 5.75 Å². The van der Waals surface area contributed by atoms with E-state index in [2.05, 4.69) is 0 Å². The van der Waals surface area contributed by atoms with Crippen LogP contribution in [-0.2, 0) is 0 Å². The van der Waals surface area contributed by atoms with E-state index in [1.54, 1.807) is 41.3 Å². The van der Waals surface area contributed by atoms with E-state index in [9.17, 15) is 9.90 Å². The Hall–Kier alpha value is -3.58. The van der Waals surface area contributed by atoms with Crippen molar-refractivity contribution in [2.45, 2.75) is 0 Å². The zero-order chi connectivity index (χ0) is 16.9. The van der Waals surface area contributed by atoms with Gasteiger partial charge in [-0.3, -0.25) is 9.69 Å². The smallest absolute Gasteiger partial charge is 0.262 e. The van der Waals surface area contributed by atoms with Crippen LogP contribution in [0.25, 0.3) is 0 Å². The standard InChI is InChI=1S/C20H14N2O2/c21-14-15-6-8-16(9-7-15)20(24)22(17-4-2-1-3-5-17)18-10-12-19(23)13-11-18/h1-13,23H. The molecule has 0 bridgehead atoms. The van der Waals surface area contributed by atoms with Crippen molar-refractivity contribution < 1.29 is 9.90 Å². The number of nitriles is 1. The van der Waals surface area contributed by atoms with Gasteiger partial charge in [-0.2, -0.15) is 5.26 Å². The fourth-order valence-corrected chi connectivity index (χ4v) is 2.38. The lowest BCUT2D eigenvalue weighted by molar-refractivity contribution is 0.0999. The van der Waals surface area contributed by atoms with Crippen LogP contribution in [0.1, 0.15) is 15.9 Å². The zero-order valence-corrected chi connectivity index (χ0v) is 12.8. The summed E-state index contributed by atoms with van der Waals surface area (Å²) in [6.45, 7) is 0. The minimum Gasteiger partial charge on any atom is -0.508 e. The summed E-state index contributed by atoms with van der Waals surface area (Å²) < 4.78 is 0. The number of anilines is 2. The van der Waals surface area contributed by atoms with Gasteiger partial charge in [0.05, 0.1) is 11.6 Å². The Bertz CT molecular complexity index is 880. The number of carbonyl (C=O) groups excluding carboxylic acids is 1. The summed E-state index contributed by atoms with van der Waals surface area (Å²) >= 11 is 0. The van der Waals surface area contributed by atoms with Crippen molar-refractivity contribution in [2.24, 2.45) is 0 Å². The number of hydrogen-bond acceptors (Lipinski definition) is 3. The minimum atomic E-state index is -0.212. The van der Waals surface area contributed by atoms with E-state index in [0.29, 0.717) is 16.8 Å². The minimum absolute atomic E-state index is 0.137. The molecule has 0 fully saturated rings. The maximum absolute atomic E-state index is 13.0. The van der Waals surface area contributed by atoms with Crippen LogP contribution >= 0.6 is 0 Å². The van der Waals surface area contributed by atoms with Crippen molar-refractivity contribution in [3.63, 3.8) is 0 Å². The average Bonchev–Trinajstić information content (AvgIpc) is 2.64. The van der Waals surface area contributed by atoms with Crippen molar-refractivity contribution in [3.8, 4) is 11.8 Å². The van der Waals surface area contributed by atoms with E-state index in [-0.39, 0.29) is 11.7 Å². The summed E-state index contributed by atoms with van der Waals surface area (Å²) in [7, 11) is 0. The number of carbonyl (C=O) groups is 1. The zero-order valence-electron chi connectivity index (χ0n) is 12.8. The number of phenolic OH excluding ortho intramolecular Hbond substituents is 1. The second-order valence-corrected chi connectivity index (χ2v) is 5.18. The number of phenols is 1. The summed E-state index contributed by atoms with van der Waals surface area (Å²) in [6, 6.07) is 24.3. The molecule has 0 spiro atoms. The van der Waals surface area contributed by atoms with Crippen molar-refractivity contribution in [2.75, 3.05) is 4.90 Å². The summed E-state index contributed by atoms with van der Waals surface area (Å²) in [4.78, 5) is 14.6. The summed E-state index contributed by atoms with van der Waals surface area (Å²) in [6.07, 6.45) is 0. The molecule has 0 aliphatic carbocycles. The molecule has 24 heavy (non-hydrogen) atoms. The van der Waals surface area contributed by atoms with Crippen molar-refractivity contribution in [1.82, 2.24) is 0 Å². The Labute approximate surface area is 139 Å². The van der Waals surface area contributed by atoms with Gasteiger partial charge in [-0.25, -0.2) is 0 Å². The van der Waals surface area contributed by atoms with Gasteiger partial charge in [0.2, 0.25) is 0 Å². The number of amides is 1. The Kier molecular flexibility index (Phi) is 4.26. The van der Waals surface area contributed by atoms with Gasteiger partial charge in [0.15, 0.2) is 0 Å². The first kappa shape index (κ1) is 15.3. The normalized spacial score (nSPS) is 9.96. The maximum Gasteiger partial charge on any atom is 0.262 e. The first-order valence-corrected chi connectivity index (χ1v) is 7.38. The van der Waals surface area contributed by atoms with Crippen LogP contribution in [0.15, 0.2) is 78.9 Å². The Morgan fingerprint density at radius 3 is 2.00 bits per heavy atom. The molecule has 4 heteroatoms. The molecule has 0 saturated carbocycles. The van der Waals surface area contributed by atoms with Gasteiger partial charge in [-0.05, 0) is 60.7 Å². The van der Waals surface area contributed by atoms with Crippen LogP contribution in [0, 0.1) is 11.3 Å². The molecule has 0 unspecified atom stereocenters. The molecule has 4 nitrogen and oxygen atoms in total. The monoisotopic (exact) mass is 314 g/mol. The number of hydrogen-bond donors (Lipinski definition) is 1. The van der Waals surface area contributed by atoms with E-state index in [1.165, 1.54) is 12.1 Å². The Morgan fingerprint density at radius 2 is 1.42 bits per heavy atom. The fraction of sp³-hybridized carbons (Fsp3) is 0. The van der Waals surface area contributed by atoms with Crippen molar-refractivity contribution in [3.05, 3.63) is 90.0 Å². The third kappa shape index (κ3) is 3.11. The number of rotatable bonds is 3. The number of para-hydroxylation sites is 1. The highest BCUT2D eigenvalue weighted by Gasteiger charge is 2.19. The second-order valence-electron chi connectivity index (χ2n) is 5.18. The van der Waals surface area contributed by atoms with Gasteiger partial charge in [0.1, 0.15) is 5.75 Å². The highest BCUT2D eigenvalue weighted by atomic mass is 16.3. The summed E-state index contributed by atoms with van der Waals surface area (Å²) in [5.74, 6) is -0.0750. The average molecular weight is 314 g/mol. The Balaban J connectivity index is 2.05. The van der Waals surface area contributed by atoms with E-state index < -0.39 is 0 Å². The topological polar surface area (TPSA) is 64.3 Å². The predicted molar refractivity (Wildman–Crippen MR) is 92.2 cm³/mol. The lowest BCUT2D eigenvalue weighted by Gasteiger charge is -2.23. The highest BCUT2D eigenvalue weighted by molar-refractivity contribution is 6.10. The predicted octanol–water partition coefficient (Wildman–Crippen LogP) is 4.24. The molecular weight excluding hydrogens is 300 g/mol. The van der Waals surface area contributed by atoms with Gasteiger partial charge >= 0.3 is 0 Å². The molecule has 116 valence electrons. The molecule has 0 atom stereocenters. The number of aromatic hydroxyl groups is 1. The third-order valence-corrected chi connectivity index (χ3v) is 3.59. The number of benzene rings is 3. The molecule has 0 heterocycles. The highest BCUT2D eigenvalue weighted by Crippen LogP contribution is 2.28.